The maximum absolute atomic E-state index is 12.1. The van der Waals surface area contributed by atoms with Crippen LogP contribution in [0.15, 0.2) is 18.2 Å². The van der Waals surface area contributed by atoms with Crippen LogP contribution in [0.5, 0.6) is 5.75 Å². The van der Waals surface area contributed by atoms with Gasteiger partial charge in [-0.05, 0) is 30.5 Å². The Hall–Kier alpha value is -1.72. The topological polar surface area (TPSA) is 35.5 Å². The van der Waals surface area contributed by atoms with E-state index >= 15 is 0 Å². The van der Waals surface area contributed by atoms with E-state index < -0.39 is 12.3 Å². The van der Waals surface area contributed by atoms with Gasteiger partial charge in [0.25, 0.3) is 0 Å². The highest BCUT2D eigenvalue weighted by Gasteiger charge is 2.31. The van der Waals surface area contributed by atoms with E-state index in [0.717, 1.165) is 0 Å². The van der Waals surface area contributed by atoms with Gasteiger partial charge in [0.1, 0.15) is 5.75 Å². The molecule has 6 heteroatoms. The number of hydrogen-bond donors (Lipinski definition) is 0. The number of hydrogen-bond acceptors (Lipinski definition) is 3. The third-order valence-electron chi connectivity index (χ3n) is 2.32. The molecular formula is C12H13F3O3. The summed E-state index contributed by atoms with van der Waals surface area (Å²) in [4.78, 5) is 10.9. The number of esters is 1. The van der Waals surface area contributed by atoms with Crippen LogP contribution in [0, 0.1) is 6.92 Å². The molecule has 0 saturated carbocycles. The van der Waals surface area contributed by atoms with Crippen LogP contribution in [0.25, 0.3) is 0 Å². The van der Waals surface area contributed by atoms with E-state index in [4.69, 9.17) is 0 Å². The maximum atomic E-state index is 12.1. The molecule has 3 nitrogen and oxygen atoms in total. The number of methoxy groups -OCH3 is 1. The molecule has 0 aromatic heterocycles. The van der Waals surface area contributed by atoms with Gasteiger partial charge >= 0.3 is 12.3 Å². The highest BCUT2D eigenvalue weighted by atomic mass is 19.4. The van der Waals surface area contributed by atoms with Gasteiger partial charge in [-0.15, -0.1) is 13.2 Å². The van der Waals surface area contributed by atoms with Crippen molar-refractivity contribution in [3.05, 3.63) is 29.3 Å². The van der Waals surface area contributed by atoms with Crippen LogP contribution < -0.4 is 4.74 Å². The van der Waals surface area contributed by atoms with Gasteiger partial charge in [0.15, 0.2) is 0 Å². The standard InChI is InChI=1S/C12H13F3O3/c1-8-3-4-9(5-6-11(16)17-2)7-10(8)18-12(13,14)15/h3-4,7H,5-6H2,1-2H3. The molecule has 0 aliphatic rings. The quantitative estimate of drug-likeness (QED) is 0.782. The monoisotopic (exact) mass is 262 g/mol. The van der Waals surface area contributed by atoms with Crippen molar-refractivity contribution in [2.45, 2.75) is 26.1 Å². The molecule has 0 radical (unpaired) electrons. The average Bonchev–Trinajstić information content (AvgIpc) is 2.28. The molecule has 18 heavy (non-hydrogen) atoms. The summed E-state index contributed by atoms with van der Waals surface area (Å²) in [5.74, 6) is -0.654. The van der Waals surface area contributed by atoms with Crippen LogP contribution in [0.2, 0.25) is 0 Å². The molecule has 0 unspecified atom stereocenters. The summed E-state index contributed by atoms with van der Waals surface area (Å²) in [7, 11) is 1.26. The summed E-state index contributed by atoms with van der Waals surface area (Å²) in [5.41, 5.74) is 0.972. The Morgan fingerprint density at radius 1 is 1.33 bits per heavy atom. The van der Waals surface area contributed by atoms with E-state index in [9.17, 15) is 18.0 Å². The van der Waals surface area contributed by atoms with Gasteiger partial charge in [-0.25, -0.2) is 0 Å². The maximum Gasteiger partial charge on any atom is 0.573 e. The molecule has 0 heterocycles. The number of alkyl halides is 3. The summed E-state index contributed by atoms with van der Waals surface area (Å²) in [6.07, 6.45) is -4.29. The summed E-state index contributed by atoms with van der Waals surface area (Å²) in [6.45, 7) is 1.52. The van der Waals surface area contributed by atoms with E-state index in [1.807, 2.05) is 0 Å². The first-order valence-electron chi connectivity index (χ1n) is 5.24. The van der Waals surface area contributed by atoms with Crippen LogP contribution in [0.4, 0.5) is 13.2 Å². The first-order valence-corrected chi connectivity index (χ1v) is 5.24. The minimum atomic E-state index is -4.72. The van der Waals surface area contributed by atoms with Gasteiger partial charge in [0, 0.05) is 6.42 Å². The molecule has 0 N–H and O–H groups in total. The fourth-order valence-electron chi connectivity index (χ4n) is 1.38. The van der Waals surface area contributed by atoms with Crippen LogP contribution >= 0.6 is 0 Å². The number of rotatable bonds is 4. The molecule has 1 rings (SSSR count). The lowest BCUT2D eigenvalue weighted by Crippen LogP contribution is -2.18. The van der Waals surface area contributed by atoms with Gasteiger partial charge in [0.2, 0.25) is 0 Å². The lowest BCUT2D eigenvalue weighted by atomic mass is 10.1. The van der Waals surface area contributed by atoms with Crippen molar-refractivity contribution in [2.75, 3.05) is 7.11 Å². The number of carbonyl (C=O) groups excluding carboxylic acids is 1. The summed E-state index contributed by atoms with van der Waals surface area (Å²) >= 11 is 0. The summed E-state index contributed by atoms with van der Waals surface area (Å²) < 4.78 is 44.7. The molecule has 0 atom stereocenters. The zero-order valence-corrected chi connectivity index (χ0v) is 10.0. The van der Waals surface area contributed by atoms with Crippen LogP contribution in [-0.2, 0) is 16.0 Å². The Kier molecular flexibility index (Phi) is 4.58. The second-order valence-corrected chi connectivity index (χ2v) is 3.72. The van der Waals surface area contributed by atoms with E-state index in [0.29, 0.717) is 17.5 Å². The largest absolute Gasteiger partial charge is 0.573 e. The SMILES string of the molecule is COC(=O)CCc1ccc(C)c(OC(F)(F)F)c1. The van der Waals surface area contributed by atoms with Crippen LogP contribution in [0.1, 0.15) is 17.5 Å². The zero-order chi connectivity index (χ0) is 13.8. The Bertz CT molecular complexity index is 427. The number of halogens is 3. The number of ether oxygens (including phenoxy) is 2. The van der Waals surface area contributed by atoms with Crippen molar-refractivity contribution < 1.29 is 27.4 Å². The third-order valence-corrected chi connectivity index (χ3v) is 2.32. The van der Waals surface area contributed by atoms with E-state index in [2.05, 4.69) is 9.47 Å². The predicted molar refractivity (Wildman–Crippen MR) is 58.2 cm³/mol. The van der Waals surface area contributed by atoms with Gasteiger partial charge in [-0.2, -0.15) is 0 Å². The molecule has 0 amide bonds. The van der Waals surface area contributed by atoms with Crippen molar-refractivity contribution in [1.29, 1.82) is 0 Å². The molecular weight excluding hydrogens is 249 g/mol. The van der Waals surface area contributed by atoms with Gasteiger partial charge in [-0.3, -0.25) is 4.79 Å². The molecule has 0 saturated heterocycles. The zero-order valence-electron chi connectivity index (χ0n) is 10.0. The van der Waals surface area contributed by atoms with Crippen LogP contribution in [-0.4, -0.2) is 19.4 Å². The lowest BCUT2D eigenvalue weighted by molar-refractivity contribution is -0.274. The minimum absolute atomic E-state index is 0.116. The van der Waals surface area contributed by atoms with E-state index in [-0.39, 0.29) is 12.2 Å². The smallest absolute Gasteiger partial charge is 0.469 e. The highest BCUT2D eigenvalue weighted by molar-refractivity contribution is 5.69. The second kappa shape index (κ2) is 5.75. The molecule has 1 aromatic carbocycles. The normalized spacial score (nSPS) is 11.2. The van der Waals surface area contributed by atoms with Crippen LogP contribution in [0.3, 0.4) is 0 Å². The molecule has 1 aromatic rings. The first-order chi connectivity index (χ1) is 8.31. The Morgan fingerprint density at radius 3 is 2.56 bits per heavy atom. The highest BCUT2D eigenvalue weighted by Crippen LogP contribution is 2.27. The average molecular weight is 262 g/mol. The van der Waals surface area contributed by atoms with Crippen molar-refractivity contribution in [3.8, 4) is 5.75 Å². The Balaban J connectivity index is 2.77. The molecule has 0 spiro atoms. The van der Waals surface area contributed by atoms with Crippen molar-refractivity contribution >= 4 is 5.97 Å². The summed E-state index contributed by atoms with van der Waals surface area (Å²) in [6, 6.07) is 4.46. The lowest BCUT2D eigenvalue weighted by Gasteiger charge is -2.12. The first kappa shape index (κ1) is 14.3. The van der Waals surface area contributed by atoms with Crippen molar-refractivity contribution in [1.82, 2.24) is 0 Å². The van der Waals surface area contributed by atoms with Crippen molar-refractivity contribution in [2.24, 2.45) is 0 Å². The molecule has 100 valence electrons. The Labute approximate surface area is 103 Å². The van der Waals surface area contributed by atoms with E-state index in [1.54, 1.807) is 6.07 Å². The fourth-order valence-corrected chi connectivity index (χ4v) is 1.38. The fraction of sp³-hybridized carbons (Fsp3) is 0.417. The molecule has 0 fully saturated rings. The third kappa shape index (κ3) is 4.65. The molecule has 0 aliphatic carbocycles. The second-order valence-electron chi connectivity index (χ2n) is 3.72. The van der Waals surface area contributed by atoms with Crippen molar-refractivity contribution in [3.63, 3.8) is 0 Å². The van der Waals surface area contributed by atoms with Gasteiger partial charge < -0.3 is 9.47 Å². The predicted octanol–water partition coefficient (Wildman–Crippen LogP) is 3.00. The van der Waals surface area contributed by atoms with Gasteiger partial charge in [-0.1, -0.05) is 12.1 Å². The van der Waals surface area contributed by atoms with E-state index in [1.165, 1.54) is 26.2 Å². The summed E-state index contributed by atoms with van der Waals surface area (Å²) in [5, 5.41) is 0. The number of benzene rings is 1. The number of carbonyl (C=O) groups is 1. The molecule has 0 bridgehead atoms. The van der Waals surface area contributed by atoms with Gasteiger partial charge in [0.05, 0.1) is 7.11 Å². The number of aryl methyl sites for hydroxylation is 2. The molecule has 0 aliphatic heterocycles. The Morgan fingerprint density at radius 2 is 2.00 bits per heavy atom. The minimum Gasteiger partial charge on any atom is -0.469 e.